The van der Waals surface area contributed by atoms with E-state index in [-0.39, 0.29) is 18.7 Å². The van der Waals surface area contributed by atoms with E-state index in [2.05, 4.69) is 28.2 Å². The summed E-state index contributed by atoms with van der Waals surface area (Å²) in [6, 6.07) is 15.1. The van der Waals surface area contributed by atoms with Crippen LogP contribution in [0.5, 0.6) is 11.5 Å². The molecule has 0 fully saturated rings. The standard InChI is InChI=1S/C19H15FN2O2/c20-14-5-3-12(4-6-14)19-15-2-1-7-22(15)16-9-18-17(23-11-24-18)8-13(16)10-21-19/h1-9,19,21H,10-11H2/p+1/t19-/m0/s1. The minimum Gasteiger partial charge on any atom is -0.454 e. The molecule has 0 amide bonds. The zero-order valence-electron chi connectivity index (χ0n) is 12.9. The van der Waals surface area contributed by atoms with Crippen molar-refractivity contribution in [3.63, 3.8) is 0 Å². The molecule has 0 saturated carbocycles. The van der Waals surface area contributed by atoms with Gasteiger partial charge >= 0.3 is 0 Å². The van der Waals surface area contributed by atoms with Gasteiger partial charge in [-0.3, -0.25) is 0 Å². The number of hydrogen-bond acceptors (Lipinski definition) is 2. The molecule has 4 nitrogen and oxygen atoms in total. The van der Waals surface area contributed by atoms with Crippen molar-refractivity contribution >= 4 is 0 Å². The summed E-state index contributed by atoms with van der Waals surface area (Å²) in [5.74, 6) is 1.38. The van der Waals surface area contributed by atoms with Crippen LogP contribution in [0.4, 0.5) is 4.39 Å². The maximum Gasteiger partial charge on any atom is 0.231 e. The average molecular weight is 323 g/mol. The van der Waals surface area contributed by atoms with Crippen molar-refractivity contribution in [2.75, 3.05) is 6.79 Å². The molecule has 3 aromatic rings. The number of ether oxygens (including phenoxy) is 2. The summed E-state index contributed by atoms with van der Waals surface area (Å²) in [7, 11) is 0. The van der Waals surface area contributed by atoms with Gasteiger partial charge in [-0.05, 0) is 42.5 Å². The van der Waals surface area contributed by atoms with E-state index < -0.39 is 0 Å². The summed E-state index contributed by atoms with van der Waals surface area (Å²) in [6.45, 7) is 1.09. The molecular formula is C19H16FN2O2+. The van der Waals surface area contributed by atoms with Gasteiger partial charge in [0.15, 0.2) is 17.5 Å². The van der Waals surface area contributed by atoms with E-state index in [0.29, 0.717) is 0 Å². The lowest BCUT2D eigenvalue weighted by Gasteiger charge is -2.14. The van der Waals surface area contributed by atoms with Crippen molar-refractivity contribution in [2.45, 2.75) is 12.6 Å². The molecule has 0 unspecified atom stereocenters. The van der Waals surface area contributed by atoms with Gasteiger partial charge in [0.2, 0.25) is 6.79 Å². The molecule has 5 rings (SSSR count). The minimum absolute atomic E-state index is 0.115. The first kappa shape index (κ1) is 13.6. The molecule has 0 saturated heterocycles. The van der Waals surface area contributed by atoms with Crippen LogP contribution in [0, 0.1) is 5.82 Å². The average Bonchev–Trinajstić information content (AvgIpc) is 3.22. The third-order valence-electron chi connectivity index (χ3n) is 4.73. The maximum absolute atomic E-state index is 13.3. The Labute approximate surface area is 138 Å². The van der Waals surface area contributed by atoms with Gasteiger partial charge in [0.1, 0.15) is 12.4 Å². The molecule has 1 aromatic heterocycles. The van der Waals surface area contributed by atoms with Crippen molar-refractivity contribution in [2.24, 2.45) is 0 Å². The number of nitrogens with zero attached hydrogens (tertiary/aromatic N) is 1. The fourth-order valence-corrected chi connectivity index (χ4v) is 3.57. The maximum atomic E-state index is 13.3. The largest absolute Gasteiger partial charge is 0.454 e. The smallest absolute Gasteiger partial charge is 0.231 e. The van der Waals surface area contributed by atoms with Crippen LogP contribution in [0.1, 0.15) is 22.9 Å². The molecule has 2 aliphatic rings. The Bertz CT molecular complexity index is 918. The minimum atomic E-state index is -0.211. The van der Waals surface area contributed by atoms with Crippen LogP contribution in [0.25, 0.3) is 5.69 Å². The van der Waals surface area contributed by atoms with Crippen molar-refractivity contribution in [3.8, 4) is 17.2 Å². The summed E-state index contributed by atoms with van der Waals surface area (Å²) < 4.78 is 26.5. The zero-order valence-corrected chi connectivity index (χ0v) is 12.9. The van der Waals surface area contributed by atoms with Crippen LogP contribution in [0.15, 0.2) is 54.7 Å². The first-order valence-electron chi connectivity index (χ1n) is 7.98. The van der Waals surface area contributed by atoms with Crippen LogP contribution in [0.2, 0.25) is 0 Å². The Morgan fingerprint density at radius 3 is 2.67 bits per heavy atom. The molecular weight excluding hydrogens is 307 g/mol. The Kier molecular flexibility index (Phi) is 2.90. The van der Waals surface area contributed by atoms with E-state index in [4.69, 9.17) is 9.47 Å². The van der Waals surface area contributed by atoms with Gasteiger partial charge in [-0.25, -0.2) is 4.39 Å². The van der Waals surface area contributed by atoms with Gasteiger partial charge in [-0.15, -0.1) is 0 Å². The summed E-state index contributed by atoms with van der Waals surface area (Å²) >= 11 is 0. The van der Waals surface area contributed by atoms with Crippen LogP contribution in [-0.4, -0.2) is 11.4 Å². The number of quaternary nitrogens is 1. The fraction of sp³-hybridized carbons (Fsp3) is 0.158. The number of nitrogens with two attached hydrogens (primary N) is 1. The molecule has 0 radical (unpaired) electrons. The SMILES string of the molecule is Fc1ccc([C@@H]2[NH2+]Cc3cc4c(cc3-n3cccc32)OCO4)cc1. The van der Waals surface area contributed by atoms with E-state index >= 15 is 0 Å². The van der Waals surface area contributed by atoms with Gasteiger partial charge in [0, 0.05) is 23.4 Å². The molecule has 24 heavy (non-hydrogen) atoms. The monoisotopic (exact) mass is 323 g/mol. The molecule has 120 valence electrons. The lowest BCUT2D eigenvalue weighted by molar-refractivity contribution is -0.702. The number of rotatable bonds is 1. The molecule has 0 spiro atoms. The van der Waals surface area contributed by atoms with E-state index in [9.17, 15) is 4.39 Å². The Morgan fingerprint density at radius 1 is 1.04 bits per heavy atom. The van der Waals surface area contributed by atoms with Crippen LogP contribution >= 0.6 is 0 Å². The molecule has 2 aromatic carbocycles. The summed E-state index contributed by atoms with van der Waals surface area (Å²) in [4.78, 5) is 0. The van der Waals surface area contributed by atoms with Crippen LogP contribution in [0.3, 0.4) is 0 Å². The topological polar surface area (TPSA) is 40.0 Å². The highest BCUT2D eigenvalue weighted by Crippen LogP contribution is 2.38. The number of halogens is 1. The lowest BCUT2D eigenvalue weighted by Crippen LogP contribution is -2.83. The quantitative estimate of drug-likeness (QED) is 0.747. The first-order valence-corrected chi connectivity index (χ1v) is 7.98. The fourth-order valence-electron chi connectivity index (χ4n) is 3.57. The van der Waals surface area contributed by atoms with Crippen LogP contribution < -0.4 is 14.8 Å². The van der Waals surface area contributed by atoms with Crippen molar-refractivity contribution < 1.29 is 19.2 Å². The highest BCUT2D eigenvalue weighted by Gasteiger charge is 2.28. The molecule has 5 heteroatoms. The van der Waals surface area contributed by atoms with E-state index in [1.54, 1.807) is 0 Å². The van der Waals surface area contributed by atoms with E-state index in [1.807, 2.05) is 24.3 Å². The van der Waals surface area contributed by atoms with Crippen molar-refractivity contribution in [1.29, 1.82) is 0 Å². The first-order chi connectivity index (χ1) is 11.8. The molecule has 3 heterocycles. The highest BCUT2D eigenvalue weighted by atomic mass is 19.1. The van der Waals surface area contributed by atoms with Gasteiger partial charge in [-0.2, -0.15) is 0 Å². The van der Waals surface area contributed by atoms with Gasteiger partial charge < -0.3 is 19.4 Å². The Hall–Kier alpha value is -2.79. The summed E-state index contributed by atoms with van der Waals surface area (Å²) in [6.07, 6.45) is 2.06. The number of benzene rings is 2. The molecule has 0 bridgehead atoms. The second kappa shape index (κ2) is 5.11. The molecule has 0 aliphatic carbocycles. The second-order valence-corrected chi connectivity index (χ2v) is 6.11. The number of fused-ring (bicyclic) bond motifs is 4. The van der Waals surface area contributed by atoms with Gasteiger partial charge in [0.25, 0.3) is 0 Å². The van der Waals surface area contributed by atoms with E-state index in [1.165, 1.54) is 23.4 Å². The third-order valence-corrected chi connectivity index (χ3v) is 4.73. The van der Waals surface area contributed by atoms with Crippen molar-refractivity contribution in [3.05, 3.63) is 77.4 Å². The zero-order chi connectivity index (χ0) is 16.1. The lowest BCUT2D eigenvalue weighted by atomic mass is 10.0. The number of hydrogen-bond donors (Lipinski definition) is 1. The van der Waals surface area contributed by atoms with Gasteiger partial charge in [-0.1, -0.05) is 0 Å². The van der Waals surface area contributed by atoms with Crippen molar-refractivity contribution in [1.82, 2.24) is 4.57 Å². The van der Waals surface area contributed by atoms with E-state index in [0.717, 1.165) is 29.3 Å². The molecule has 1 atom stereocenters. The Balaban J connectivity index is 1.65. The predicted molar refractivity (Wildman–Crippen MR) is 85.8 cm³/mol. The second-order valence-electron chi connectivity index (χ2n) is 6.11. The highest BCUT2D eigenvalue weighted by molar-refractivity contribution is 5.56. The van der Waals surface area contributed by atoms with Gasteiger partial charge in [0.05, 0.1) is 11.4 Å². The molecule has 2 aliphatic heterocycles. The third kappa shape index (κ3) is 2.02. The normalized spacial score (nSPS) is 18.0. The summed E-state index contributed by atoms with van der Waals surface area (Å²) in [5, 5.41) is 2.27. The predicted octanol–water partition coefficient (Wildman–Crippen LogP) is 2.51. The Morgan fingerprint density at radius 2 is 1.83 bits per heavy atom. The molecule has 2 N–H and O–H groups in total. The van der Waals surface area contributed by atoms with Crippen LogP contribution in [-0.2, 0) is 6.54 Å². The summed E-state index contributed by atoms with van der Waals surface area (Å²) in [5.41, 5.74) is 4.56. The number of aromatic nitrogens is 1.